The molecule has 4 nitrogen and oxygen atoms in total. The van der Waals surface area contributed by atoms with E-state index in [0.717, 1.165) is 23.5 Å². The van der Waals surface area contributed by atoms with E-state index in [-0.39, 0.29) is 6.04 Å². The van der Waals surface area contributed by atoms with Crippen LogP contribution in [0.2, 0.25) is 0 Å². The van der Waals surface area contributed by atoms with Crippen LogP contribution in [0, 0.1) is 0 Å². The van der Waals surface area contributed by atoms with Crippen LogP contribution in [-0.4, -0.2) is 26.4 Å². The first-order valence-corrected chi connectivity index (χ1v) is 6.34. The minimum atomic E-state index is 0.0758. The highest BCUT2D eigenvalue weighted by Gasteiger charge is 2.13. The van der Waals surface area contributed by atoms with Crippen molar-refractivity contribution in [3.63, 3.8) is 0 Å². The Balaban J connectivity index is 3.13. The van der Waals surface area contributed by atoms with Gasteiger partial charge in [-0.15, -0.1) is 0 Å². The Morgan fingerprint density at radius 1 is 1.06 bits per heavy atom. The van der Waals surface area contributed by atoms with Gasteiger partial charge in [0.1, 0.15) is 5.75 Å². The van der Waals surface area contributed by atoms with Crippen LogP contribution in [0.3, 0.4) is 0 Å². The Hall–Kier alpha value is -1.42. The normalized spacial score (nSPS) is 12.1. The molecule has 1 aromatic rings. The lowest BCUT2D eigenvalue weighted by Gasteiger charge is -2.16. The van der Waals surface area contributed by atoms with Crippen molar-refractivity contribution in [3.05, 3.63) is 17.7 Å². The van der Waals surface area contributed by atoms with Gasteiger partial charge in [-0.05, 0) is 38.8 Å². The minimum absolute atomic E-state index is 0.0758. The molecule has 0 bridgehead atoms. The Labute approximate surface area is 109 Å². The zero-order chi connectivity index (χ0) is 13.5. The largest absolute Gasteiger partial charge is 0.493 e. The number of ether oxygens (including phenoxy) is 3. The second kappa shape index (κ2) is 7.11. The number of rotatable bonds is 7. The molecule has 4 heteroatoms. The van der Waals surface area contributed by atoms with Gasteiger partial charge in [-0.25, -0.2) is 0 Å². The average Bonchev–Trinajstić information content (AvgIpc) is 2.32. The monoisotopic (exact) mass is 253 g/mol. The summed E-state index contributed by atoms with van der Waals surface area (Å²) in [6.45, 7) is 7.08. The highest BCUT2D eigenvalue weighted by atomic mass is 16.5. The molecular weight excluding hydrogens is 230 g/mol. The molecule has 1 aromatic carbocycles. The van der Waals surface area contributed by atoms with Gasteiger partial charge in [0.2, 0.25) is 0 Å². The zero-order valence-electron chi connectivity index (χ0n) is 11.7. The second-order valence-corrected chi connectivity index (χ2v) is 4.16. The van der Waals surface area contributed by atoms with Crippen LogP contribution in [-0.2, 0) is 6.42 Å². The fourth-order valence-electron chi connectivity index (χ4n) is 1.81. The Kier molecular flexibility index (Phi) is 5.78. The highest BCUT2D eigenvalue weighted by Crippen LogP contribution is 2.35. The summed E-state index contributed by atoms with van der Waals surface area (Å²) in [5, 5.41) is 0. The van der Waals surface area contributed by atoms with Gasteiger partial charge in [-0.3, -0.25) is 0 Å². The molecule has 0 saturated carbocycles. The fraction of sp³-hybridized carbons (Fsp3) is 0.571. The van der Waals surface area contributed by atoms with E-state index in [2.05, 4.69) is 0 Å². The second-order valence-electron chi connectivity index (χ2n) is 4.16. The van der Waals surface area contributed by atoms with Crippen LogP contribution < -0.4 is 19.9 Å². The van der Waals surface area contributed by atoms with Crippen molar-refractivity contribution in [2.75, 3.05) is 20.3 Å². The van der Waals surface area contributed by atoms with Gasteiger partial charge in [0, 0.05) is 12.1 Å². The van der Waals surface area contributed by atoms with Crippen LogP contribution in [0.1, 0.15) is 26.3 Å². The van der Waals surface area contributed by atoms with Gasteiger partial charge >= 0.3 is 0 Å². The minimum Gasteiger partial charge on any atom is -0.493 e. The lowest BCUT2D eigenvalue weighted by molar-refractivity contribution is 0.300. The molecule has 18 heavy (non-hydrogen) atoms. The van der Waals surface area contributed by atoms with E-state index < -0.39 is 0 Å². The van der Waals surface area contributed by atoms with Crippen molar-refractivity contribution in [3.8, 4) is 17.2 Å². The maximum Gasteiger partial charge on any atom is 0.164 e. The first kappa shape index (κ1) is 14.6. The van der Waals surface area contributed by atoms with E-state index >= 15 is 0 Å². The number of hydrogen-bond acceptors (Lipinski definition) is 4. The van der Waals surface area contributed by atoms with Crippen molar-refractivity contribution < 1.29 is 14.2 Å². The molecule has 1 atom stereocenters. The summed E-state index contributed by atoms with van der Waals surface area (Å²) in [5.41, 5.74) is 6.90. The Morgan fingerprint density at radius 2 is 1.67 bits per heavy atom. The van der Waals surface area contributed by atoms with Crippen molar-refractivity contribution >= 4 is 0 Å². The fourth-order valence-corrected chi connectivity index (χ4v) is 1.81. The molecule has 102 valence electrons. The Bertz CT molecular complexity index is 378. The van der Waals surface area contributed by atoms with Crippen molar-refractivity contribution in [2.24, 2.45) is 5.73 Å². The van der Waals surface area contributed by atoms with Gasteiger partial charge < -0.3 is 19.9 Å². The molecule has 2 N–H and O–H groups in total. The molecule has 0 aromatic heterocycles. The van der Waals surface area contributed by atoms with Gasteiger partial charge in [-0.2, -0.15) is 0 Å². The standard InChI is InChI=1S/C14H23NO3/c1-5-17-12-9-14(18-6-2)13(16-4)8-11(12)7-10(3)15/h8-10H,5-7,15H2,1-4H3. The van der Waals surface area contributed by atoms with E-state index in [0.29, 0.717) is 19.0 Å². The maximum atomic E-state index is 5.85. The quantitative estimate of drug-likeness (QED) is 0.810. The van der Waals surface area contributed by atoms with Crippen molar-refractivity contribution in [1.29, 1.82) is 0 Å². The van der Waals surface area contributed by atoms with E-state index in [1.54, 1.807) is 7.11 Å². The van der Waals surface area contributed by atoms with Gasteiger partial charge in [0.15, 0.2) is 11.5 Å². The first-order valence-electron chi connectivity index (χ1n) is 6.34. The van der Waals surface area contributed by atoms with Gasteiger partial charge in [0.25, 0.3) is 0 Å². The van der Waals surface area contributed by atoms with Crippen LogP contribution in [0.5, 0.6) is 17.2 Å². The van der Waals surface area contributed by atoms with Crippen LogP contribution in [0.4, 0.5) is 0 Å². The number of hydrogen-bond donors (Lipinski definition) is 1. The lowest BCUT2D eigenvalue weighted by Crippen LogP contribution is -2.18. The molecule has 0 aliphatic carbocycles. The van der Waals surface area contributed by atoms with Crippen LogP contribution >= 0.6 is 0 Å². The molecule has 0 aliphatic rings. The SMILES string of the molecule is CCOc1cc(OCC)c(OC)cc1CC(C)N. The van der Waals surface area contributed by atoms with Crippen LogP contribution in [0.25, 0.3) is 0 Å². The average molecular weight is 253 g/mol. The summed E-state index contributed by atoms with van der Waals surface area (Å²) < 4.78 is 16.5. The molecule has 0 amide bonds. The van der Waals surface area contributed by atoms with E-state index in [1.165, 1.54) is 0 Å². The van der Waals surface area contributed by atoms with Crippen LogP contribution in [0.15, 0.2) is 12.1 Å². The van der Waals surface area contributed by atoms with Gasteiger partial charge in [0.05, 0.1) is 20.3 Å². The number of methoxy groups -OCH3 is 1. The van der Waals surface area contributed by atoms with Crippen molar-refractivity contribution in [1.82, 2.24) is 0 Å². The molecule has 1 rings (SSSR count). The first-order chi connectivity index (χ1) is 8.62. The molecule has 0 heterocycles. The zero-order valence-corrected chi connectivity index (χ0v) is 11.7. The topological polar surface area (TPSA) is 53.7 Å². The number of nitrogens with two attached hydrogens (primary N) is 1. The molecule has 0 aliphatic heterocycles. The van der Waals surface area contributed by atoms with E-state index in [9.17, 15) is 0 Å². The maximum absolute atomic E-state index is 5.85. The summed E-state index contributed by atoms with van der Waals surface area (Å²) in [7, 11) is 1.63. The molecule has 1 unspecified atom stereocenters. The lowest BCUT2D eigenvalue weighted by atomic mass is 10.1. The summed E-state index contributed by atoms with van der Waals surface area (Å²) in [4.78, 5) is 0. The summed E-state index contributed by atoms with van der Waals surface area (Å²) >= 11 is 0. The molecular formula is C14H23NO3. The van der Waals surface area contributed by atoms with E-state index in [4.69, 9.17) is 19.9 Å². The smallest absolute Gasteiger partial charge is 0.164 e. The third-order valence-corrected chi connectivity index (χ3v) is 2.49. The molecule has 0 saturated heterocycles. The predicted molar refractivity (Wildman–Crippen MR) is 72.7 cm³/mol. The molecule has 0 radical (unpaired) electrons. The third-order valence-electron chi connectivity index (χ3n) is 2.49. The molecule has 0 spiro atoms. The third kappa shape index (κ3) is 3.81. The van der Waals surface area contributed by atoms with Crippen molar-refractivity contribution in [2.45, 2.75) is 33.2 Å². The predicted octanol–water partition coefficient (Wildman–Crippen LogP) is 2.38. The molecule has 0 fully saturated rings. The van der Waals surface area contributed by atoms with E-state index in [1.807, 2.05) is 32.9 Å². The highest BCUT2D eigenvalue weighted by molar-refractivity contribution is 5.51. The summed E-state index contributed by atoms with van der Waals surface area (Å²) in [6.07, 6.45) is 0.748. The Morgan fingerprint density at radius 3 is 2.17 bits per heavy atom. The van der Waals surface area contributed by atoms with Gasteiger partial charge in [-0.1, -0.05) is 0 Å². The summed E-state index contributed by atoms with van der Waals surface area (Å²) in [6, 6.07) is 3.90. The summed E-state index contributed by atoms with van der Waals surface area (Å²) in [5.74, 6) is 2.24. The number of benzene rings is 1.